The van der Waals surface area contributed by atoms with E-state index < -0.39 is 28.9 Å². The molecular weight excluding hydrogens is 285 g/mol. The van der Waals surface area contributed by atoms with Crippen LogP contribution in [0.1, 0.15) is 31.4 Å². The average molecular weight is 297 g/mol. The molecule has 0 aliphatic heterocycles. The number of carboxylic acids is 1. The van der Waals surface area contributed by atoms with Crippen molar-refractivity contribution in [1.82, 2.24) is 0 Å². The van der Waals surface area contributed by atoms with Gasteiger partial charge < -0.3 is 10.2 Å². The molecule has 0 aromatic heterocycles. The van der Waals surface area contributed by atoms with Gasteiger partial charge in [-0.25, -0.2) is 0 Å². The molecule has 0 amide bonds. The second kappa shape index (κ2) is 4.92. The van der Waals surface area contributed by atoms with Gasteiger partial charge in [0.05, 0.1) is 12.0 Å². The molecule has 3 nitrogen and oxygen atoms in total. The SMILES string of the molecule is CC(C)(CC(=O)O)c1c(O)cc(C(F)(F)F)cc1Cl. The topological polar surface area (TPSA) is 57.5 Å². The molecule has 0 spiro atoms. The summed E-state index contributed by atoms with van der Waals surface area (Å²) in [6, 6.07) is 1.23. The fraction of sp³-hybridized carbons (Fsp3) is 0.417. The Labute approximate surface area is 112 Å². The molecule has 0 aliphatic carbocycles. The number of hydrogen-bond acceptors (Lipinski definition) is 2. The predicted molar refractivity (Wildman–Crippen MR) is 63.4 cm³/mol. The van der Waals surface area contributed by atoms with Crippen LogP contribution in [0.3, 0.4) is 0 Å². The number of hydrogen-bond donors (Lipinski definition) is 2. The van der Waals surface area contributed by atoms with Crippen molar-refractivity contribution in [3.05, 3.63) is 28.3 Å². The largest absolute Gasteiger partial charge is 0.508 e. The normalized spacial score (nSPS) is 12.5. The van der Waals surface area contributed by atoms with E-state index in [1.807, 2.05) is 0 Å². The lowest BCUT2D eigenvalue weighted by Crippen LogP contribution is -2.22. The first-order chi connectivity index (χ1) is 8.45. The molecule has 7 heteroatoms. The molecule has 0 saturated heterocycles. The Morgan fingerprint density at radius 2 is 1.84 bits per heavy atom. The second-order valence-corrected chi connectivity index (χ2v) is 5.21. The Kier molecular flexibility index (Phi) is 4.05. The molecule has 1 rings (SSSR count). The van der Waals surface area contributed by atoms with Crippen molar-refractivity contribution < 1.29 is 28.2 Å². The Balaban J connectivity index is 3.36. The highest BCUT2D eigenvalue weighted by Crippen LogP contribution is 2.42. The molecule has 1 aromatic carbocycles. The maximum Gasteiger partial charge on any atom is 0.416 e. The minimum absolute atomic E-state index is 0.00966. The van der Waals surface area contributed by atoms with Crippen LogP contribution in [0.4, 0.5) is 13.2 Å². The van der Waals surface area contributed by atoms with Crippen LogP contribution in [0.5, 0.6) is 5.75 Å². The number of phenolic OH excluding ortho intramolecular Hbond substituents is 1. The maximum absolute atomic E-state index is 12.5. The lowest BCUT2D eigenvalue weighted by molar-refractivity contribution is -0.139. The van der Waals surface area contributed by atoms with E-state index >= 15 is 0 Å². The highest BCUT2D eigenvalue weighted by atomic mass is 35.5. The summed E-state index contributed by atoms with van der Waals surface area (Å²) < 4.78 is 37.6. The van der Waals surface area contributed by atoms with Gasteiger partial charge in [-0.2, -0.15) is 13.2 Å². The number of carboxylic acid groups (broad SMARTS) is 1. The number of phenols is 1. The fourth-order valence-electron chi connectivity index (χ4n) is 1.89. The molecule has 0 aliphatic rings. The van der Waals surface area contributed by atoms with E-state index in [0.29, 0.717) is 12.1 Å². The molecule has 2 N–H and O–H groups in total. The standard InChI is InChI=1S/C12H12ClF3O3/c1-11(2,5-9(18)19)10-7(13)3-6(4-8(10)17)12(14,15)16/h3-4,17H,5H2,1-2H3,(H,18,19). The average Bonchev–Trinajstić information content (AvgIpc) is 2.11. The first kappa shape index (κ1) is 15.6. The Hall–Kier alpha value is -1.43. The molecule has 106 valence electrons. The summed E-state index contributed by atoms with van der Waals surface area (Å²) in [6.07, 6.45) is -5.00. The van der Waals surface area contributed by atoms with E-state index in [-0.39, 0.29) is 17.0 Å². The summed E-state index contributed by atoms with van der Waals surface area (Å²) in [7, 11) is 0. The van der Waals surface area contributed by atoms with Gasteiger partial charge in [0.2, 0.25) is 0 Å². The minimum atomic E-state index is -4.63. The van der Waals surface area contributed by atoms with Crippen LogP contribution in [0, 0.1) is 0 Å². The van der Waals surface area contributed by atoms with Crippen LogP contribution in [0.2, 0.25) is 5.02 Å². The summed E-state index contributed by atoms with van der Waals surface area (Å²) in [6.45, 7) is 2.96. The Morgan fingerprint density at radius 1 is 1.32 bits per heavy atom. The number of halogens is 4. The molecule has 0 fully saturated rings. The highest BCUT2D eigenvalue weighted by Gasteiger charge is 2.35. The van der Waals surface area contributed by atoms with Crippen molar-refractivity contribution in [1.29, 1.82) is 0 Å². The summed E-state index contributed by atoms with van der Waals surface area (Å²) in [5, 5.41) is 18.2. The van der Waals surface area contributed by atoms with Gasteiger partial charge in [-0.05, 0) is 12.1 Å². The first-order valence-corrected chi connectivity index (χ1v) is 5.65. The van der Waals surface area contributed by atoms with Gasteiger partial charge in [-0.15, -0.1) is 0 Å². The van der Waals surface area contributed by atoms with E-state index in [1.165, 1.54) is 13.8 Å². The lowest BCUT2D eigenvalue weighted by Gasteiger charge is -2.26. The van der Waals surface area contributed by atoms with Gasteiger partial charge in [-0.1, -0.05) is 25.4 Å². The van der Waals surface area contributed by atoms with Crippen LogP contribution >= 0.6 is 11.6 Å². The van der Waals surface area contributed by atoms with Gasteiger partial charge in [0.25, 0.3) is 0 Å². The van der Waals surface area contributed by atoms with Crippen molar-refractivity contribution in [3.8, 4) is 5.75 Å². The van der Waals surface area contributed by atoms with Crippen LogP contribution < -0.4 is 0 Å². The van der Waals surface area contributed by atoms with Gasteiger partial charge in [0.15, 0.2) is 0 Å². The second-order valence-electron chi connectivity index (χ2n) is 4.80. The van der Waals surface area contributed by atoms with Crippen molar-refractivity contribution in [2.24, 2.45) is 0 Å². The van der Waals surface area contributed by atoms with Gasteiger partial charge >= 0.3 is 12.1 Å². The zero-order valence-corrected chi connectivity index (χ0v) is 10.9. The lowest BCUT2D eigenvalue weighted by atomic mass is 9.80. The van der Waals surface area contributed by atoms with Crippen LogP contribution in [-0.4, -0.2) is 16.2 Å². The number of aliphatic carboxylic acids is 1. The monoisotopic (exact) mass is 296 g/mol. The molecule has 0 bridgehead atoms. The molecule has 0 heterocycles. The Morgan fingerprint density at radius 3 is 2.21 bits per heavy atom. The van der Waals surface area contributed by atoms with Crippen molar-refractivity contribution in [3.63, 3.8) is 0 Å². The predicted octanol–water partition coefficient (Wildman–Crippen LogP) is 3.82. The van der Waals surface area contributed by atoms with Gasteiger partial charge in [0.1, 0.15) is 5.75 Å². The molecule has 0 atom stereocenters. The van der Waals surface area contributed by atoms with E-state index in [0.717, 1.165) is 0 Å². The van der Waals surface area contributed by atoms with Crippen LogP contribution in [0.25, 0.3) is 0 Å². The van der Waals surface area contributed by atoms with E-state index in [1.54, 1.807) is 0 Å². The molecule has 19 heavy (non-hydrogen) atoms. The smallest absolute Gasteiger partial charge is 0.416 e. The maximum atomic E-state index is 12.5. The van der Waals surface area contributed by atoms with Crippen LogP contribution in [-0.2, 0) is 16.4 Å². The van der Waals surface area contributed by atoms with E-state index in [4.69, 9.17) is 16.7 Å². The number of aromatic hydroxyl groups is 1. The fourth-order valence-corrected chi connectivity index (χ4v) is 2.36. The molecule has 0 radical (unpaired) electrons. The molecule has 1 aromatic rings. The van der Waals surface area contributed by atoms with Gasteiger partial charge in [0, 0.05) is 16.0 Å². The number of benzene rings is 1. The van der Waals surface area contributed by atoms with E-state index in [9.17, 15) is 23.1 Å². The minimum Gasteiger partial charge on any atom is -0.508 e. The number of rotatable bonds is 3. The summed E-state index contributed by atoms with van der Waals surface area (Å²) >= 11 is 5.76. The number of carbonyl (C=O) groups is 1. The molecule has 0 saturated carbocycles. The molecular formula is C12H12ClF3O3. The zero-order chi connectivity index (χ0) is 15.0. The summed E-state index contributed by atoms with van der Waals surface area (Å²) in [5.41, 5.74) is -2.17. The Bertz CT molecular complexity index is 486. The third-order valence-electron chi connectivity index (χ3n) is 2.67. The van der Waals surface area contributed by atoms with E-state index in [2.05, 4.69) is 0 Å². The molecule has 0 unspecified atom stereocenters. The number of alkyl halides is 3. The van der Waals surface area contributed by atoms with Crippen LogP contribution in [0.15, 0.2) is 12.1 Å². The zero-order valence-electron chi connectivity index (χ0n) is 10.2. The first-order valence-electron chi connectivity index (χ1n) is 5.27. The third-order valence-corrected chi connectivity index (χ3v) is 2.96. The quantitative estimate of drug-likeness (QED) is 0.891. The van der Waals surface area contributed by atoms with Crippen molar-refractivity contribution in [2.75, 3.05) is 0 Å². The third kappa shape index (κ3) is 3.53. The summed E-state index contributed by atoms with van der Waals surface area (Å²) in [5.74, 6) is -1.80. The highest BCUT2D eigenvalue weighted by molar-refractivity contribution is 6.31. The van der Waals surface area contributed by atoms with Gasteiger partial charge in [-0.3, -0.25) is 4.79 Å². The van der Waals surface area contributed by atoms with Crippen molar-refractivity contribution in [2.45, 2.75) is 31.9 Å². The van der Waals surface area contributed by atoms with Crippen molar-refractivity contribution >= 4 is 17.6 Å². The summed E-state index contributed by atoms with van der Waals surface area (Å²) in [4.78, 5) is 10.7.